The van der Waals surface area contributed by atoms with E-state index in [-0.39, 0.29) is 28.0 Å². The average molecular weight is 450 g/mol. The number of carbonyl (C=O) groups excluding carboxylic acids is 1. The summed E-state index contributed by atoms with van der Waals surface area (Å²) < 4.78 is 48.4. The van der Waals surface area contributed by atoms with E-state index >= 15 is 0 Å². The summed E-state index contributed by atoms with van der Waals surface area (Å²) in [5.74, 6) is -0.624. The van der Waals surface area contributed by atoms with Crippen LogP contribution in [0, 0.1) is 0 Å². The van der Waals surface area contributed by atoms with Gasteiger partial charge in [-0.3, -0.25) is 4.99 Å². The topological polar surface area (TPSA) is 68.1 Å². The Morgan fingerprint density at radius 3 is 2.48 bits per heavy atom. The summed E-state index contributed by atoms with van der Waals surface area (Å²) in [6, 6.07) is 13.5. The van der Waals surface area contributed by atoms with Crippen LogP contribution in [0.5, 0.6) is 17.2 Å². The van der Waals surface area contributed by atoms with E-state index in [1.54, 1.807) is 24.3 Å². The number of carbonyl (C=O) groups is 1. The van der Waals surface area contributed by atoms with Gasteiger partial charge in [-0.1, -0.05) is 29.8 Å². The van der Waals surface area contributed by atoms with Crippen molar-refractivity contribution in [3.8, 4) is 17.2 Å². The standard InChI is InChI=1S/C22H15ClF3NO4/c1-30-21(29)16-5-3-2-4-13(16)12-27-18-8-7-15(11-19(18)28)31-20-9-6-14(10-17(20)23)22(24,25)26/h2-12,28H,1H3. The number of nitrogens with zero attached hydrogens (tertiary/aromatic N) is 1. The minimum atomic E-state index is -4.52. The van der Waals surface area contributed by atoms with Gasteiger partial charge in [-0.2, -0.15) is 13.2 Å². The fourth-order valence-electron chi connectivity index (χ4n) is 2.61. The van der Waals surface area contributed by atoms with Crippen LogP contribution in [-0.2, 0) is 10.9 Å². The summed E-state index contributed by atoms with van der Waals surface area (Å²) in [6.45, 7) is 0. The SMILES string of the molecule is COC(=O)c1ccccc1C=Nc1ccc(Oc2ccc(C(F)(F)F)cc2Cl)cc1O. The molecule has 0 atom stereocenters. The Kier molecular flexibility index (Phi) is 6.50. The van der Waals surface area contributed by atoms with Gasteiger partial charge in [0.2, 0.25) is 0 Å². The van der Waals surface area contributed by atoms with Gasteiger partial charge in [-0.05, 0) is 36.4 Å². The van der Waals surface area contributed by atoms with E-state index in [1.807, 2.05) is 0 Å². The van der Waals surface area contributed by atoms with Crippen molar-refractivity contribution in [2.75, 3.05) is 7.11 Å². The van der Waals surface area contributed by atoms with E-state index in [0.717, 1.165) is 18.2 Å². The number of alkyl halides is 3. The molecule has 160 valence electrons. The van der Waals surface area contributed by atoms with Crippen LogP contribution in [0.3, 0.4) is 0 Å². The zero-order chi connectivity index (χ0) is 22.6. The van der Waals surface area contributed by atoms with Crippen LogP contribution in [0.2, 0.25) is 5.02 Å². The molecule has 31 heavy (non-hydrogen) atoms. The molecule has 0 aliphatic heterocycles. The van der Waals surface area contributed by atoms with Gasteiger partial charge in [0, 0.05) is 17.8 Å². The third-order valence-electron chi connectivity index (χ3n) is 4.14. The summed E-state index contributed by atoms with van der Waals surface area (Å²) in [5, 5.41) is 10.00. The lowest BCUT2D eigenvalue weighted by atomic mass is 10.1. The molecule has 1 N–H and O–H groups in total. The van der Waals surface area contributed by atoms with Gasteiger partial charge in [0.15, 0.2) is 0 Å². The van der Waals surface area contributed by atoms with E-state index in [0.29, 0.717) is 11.1 Å². The zero-order valence-electron chi connectivity index (χ0n) is 16.0. The Morgan fingerprint density at radius 1 is 1.10 bits per heavy atom. The molecule has 3 aromatic rings. The molecule has 0 fully saturated rings. The highest BCUT2D eigenvalue weighted by Crippen LogP contribution is 2.38. The fourth-order valence-corrected chi connectivity index (χ4v) is 2.83. The quantitative estimate of drug-likeness (QED) is 0.362. The lowest BCUT2D eigenvalue weighted by Crippen LogP contribution is -2.04. The first-order chi connectivity index (χ1) is 14.7. The Morgan fingerprint density at radius 2 is 1.84 bits per heavy atom. The predicted octanol–water partition coefficient (Wildman–Crippen LogP) is 6.39. The molecule has 0 aliphatic rings. The maximum absolute atomic E-state index is 12.7. The maximum atomic E-state index is 12.7. The molecule has 0 saturated carbocycles. The van der Waals surface area contributed by atoms with Gasteiger partial charge < -0.3 is 14.6 Å². The van der Waals surface area contributed by atoms with Gasteiger partial charge in [-0.25, -0.2) is 4.79 Å². The third kappa shape index (κ3) is 5.35. The average Bonchev–Trinajstić information content (AvgIpc) is 2.73. The largest absolute Gasteiger partial charge is 0.506 e. The lowest BCUT2D eigenvalue weighted by Gasteiger charge is -2.11. The first kappa shape index (κ1) is 22.2. The molecular formula is C22H15ClF3NO4. The van der Waals surface area contributed by atoms with Crippen molar-refractivity contribution in [1.82, 2.24) is 0 Å². The molecule has 5 nitrogen and oxygen atoms in total. The first-order valence-corrected chi connectivity index (χ1v) is 9.16. The maximum Gasteiger partial charge on any atom is 0.416 e. The first-order valence-electron chi connectivity index (χ1n) is 8.78. The molecule has 9 heteroatoms. The highest BCUT2D eigenvalue weighted by atomic mass is 35.5. The molecule has 0 amide bonds. The second-order valence-corrected chi connectivity index (χ2v) is 6.64. The molecule has 0 radical (unpaired) electrons. The number of phenols is 1. The normalized spacial score (nSPS) is 11.5. The van der Waals surface area contributed by atoms with Crippen LogP contribution in [-0.4, -0.2) is 24.4 Å². The Balaban J connectivity index is 1.80. The van der Waals surface area contributed by atoms with Crippen LogP contribution in [0.1, 0.15) is 21.5 Å². The molecule has 0 aliphatic carbocycles. The number of phenolic OH excluding ortho intramolecular Hbond substituents is 1. The minimum absolute atomic E-state index is 0.00248. The van der Waals surface area contributed by atoms with Crippen LogP contribution in [0.25, 0.3) is 0 Å². The lowest BCUT2D eigenvalue weighted by molar-refractivity contribution is -0.137. The predicted molar refractivity (Wildman–Crippen MR) is 110 cm³/mol. The van der Waals surface area contributed by atoms with E-state index < -0.39 is 17.7 Å². The van der Waals surface area contributed by atoms with Crippen LogP contribution in [0.15, 0.2) is 65.7 Å². The second-order valence-electron chi connectivity index (χ2n) is 6.23. The number of aliphatic imine (C=N–C) groups is 1. The molecule has 0 saturated heterocycles. The number of rotatable bonds is 5. The number of esters is 1. The number of methoxy groups -OCH3 is 1. The Bertz CT molecular complexity index is 1150. The highest BCUT2D eigenvalue weighted by molar-refractivity contribution is 6.32. The summed E-state index contributed by atoms with van der Waals surface area (Å²) in [5.41, 5.74) is 0.0888. The minimum Gasteiger partial charge on any atom is -0.506 e. The molecule has 0 bridgehead atoms. The number of aromatic hydroxyl groups is 1. The van der Waals surface area contributed by atoms with Crippen molar-refractivity contribution in [1.29, 1.82) is 0 Å². The van der Waals surface area contributed by atoms with Crippen LogP contribution < -0.4 is 4.74 Å². The van der Waals surface area contributed by atoms with E-state index in [4.69, 9.17) is 21.1 Å². The summed E-state index contributed by atoms with van der Waals surface area (Å²) in [7, 11) is 1.27. The zero-order valence-corrected chi connectivity index (χ0v) is 16.7. The number of ether oxygens (including phenoxy) is 2. The van der Waals surface area contributed by atoms with Gasteiger partial charge in [0.1, 0.15) is 22.9 Å². The Labute approximate surface area is 180 Å². The second kappa shape index (κ2) is 9.09. The molecule has 0 spiro atoms. The number of hydrogen-bond donors (Lipinski definition) is 1. The summed E-state index contributed by atoms with van der Waals surface area (Å²) in [4.78, 5) is 16.0. The molecule has 0 heterocycles. The summed E-state index contributed by atoms with van der Waals surface area (Å²) >= 11 is 5.88. The molecule has 0 unspecified atom stereocenters. The van der Waals surface area contributed by atoms with Gasteiger partial charge in [0.05, 0.1) is 23.3 Å². The molecule has 3 rings (SSSR count). The van der Waals surface area contributed by atoms with E-state index in [2.05, 4.69) is 4.99 Å². The van der Waals surface area contributed by atoms with E-state index in [9.17, 15) is 23.1 Å². The van der Waals surface area contributed by atoms with Crippen molar-refractivity contribution in [2.45, 2.75) is 6.18 Å². The monoisotopic (exact) mass is 449 g/mol. The van der Waals surface area contributed by atoms with Crippen molar-refractivity contribution in [2.24, 2.45) is 4.99 Å². The fraction of sp³-hybridized carbons (Fsp3) is 0.0909. The smallest absolute Gasteiger partial charge is 0.416 e. The number of benzene rings is 3. The highest BCUT2D eigenvalue weighted by Gasteiger charge is 2.31. The van der Waals surface area contributed by atoms with Gasteiger partial charge >= 0.3 is 12.1 Å². The van der Waals surface area contributed by atoms with Crippen molar-refractivity contribution in [3.63, 3.8) is 0 Å². The van der Waals surface area contributed by atoms with Gasteiger partial charge in [-0.15, -0.1) is 0 Å². The molecule has 3 aromatic carbocycles. The molecule has 0 aromatic heterocycles. The Hall–Kier alpha value is -3.52. The van der Waals surface area contributed by atoms with E-state index in [1.165, 1.54) is 31.5 Å². The third-order valence-corrected chi connectivity index (χ3v) is 4.44. The molecular weight excluding hydrogens is 435 g/mol. The number of hydrogen-bond acceptors (Lipinski definition) is 5. The van der Waals surface area contributed by atoms with Gasteiger partial charge in [0.25, 0.3) is 0 Å². The van der Waals surface area contributed by atoms with Crippen LogP contribution >= 0.6 is 11.6 Å². The number of halogens is 4. The summed E-state index contributed by atoms with van der Waals surface area (Å²) in [6.07, 6.45) is -3.12. The van der Waals surface area contributed by atoms with Crippen molar-refractivity contribution < 1.29 is 32.5 Å². The van der Waals surface area contributed by atoms with Crippen molar-refractivity contribution in [3.05, 3.63) is 82.4 Å². The van der Waals surface area contributed by atoms with Crippen LogP contribution in [0.4, 0.5) is 18.9 Å². The van der Waals surface area contributed by atoms with Crippen molar-refractivity contribution >= 4 is 29.5 Å².